The van der Waals surface area contributed by atoms with Crippen molar-refractivity contribution in [2.75, 3.05) is 19.4 Å². The molecule has 1 N–H and O–H groups in total. The van der Waals surface area contributed by atoms with Crippen molar-refractivity contribution in [3.8, 4) is 11.5 Å². The van der Waals surface area contributed by atoms with Gasteiger partial charge in [-0.25, -0.2) is 17.7 Å². The number of aromatic nitrogens is 3. The zero-order valence-electron chi connectivity index (χ0n) is 17.4. The molecule has 0 bridgehead atoms. The number of benzene rings is 1. The molecule has 0 saturated carbocycles. The Kier molecular flexibility index (Phi) is 5.11. The van der Waals surface area contributed by atoms with Gasteiger partial charge < -0.3 is 9.73 Å². The molecule has 1 amide bonds. The number of rotatable bonds is 5. The summed E-state index contributed by atoms with van der Waals surface area (Å²) in [5.41, 5.74) is 2.61. The number of carbonyl (C=O) groups excluding carboxylic acids is 1. The van der Waals surface area contributed by atoms with Crippen molar-refractivity contribution in [2.45, 2.75) is 11.8 Å². The van der Waals surface area contributed by atoms with E-state index in [1.807, 2.05) is 6.92 Å². The Morgan fingerprint density at radius 2 is 1.87 bits per heavy atom. The van der Waals surface area contributed by atoms with Crippen molar-refractivity contribution in [3.05, 3.63) is 60.0 Å². The van der Waals surface area contributed by atoms with Gasteiger partial charge in [0.25, 0.3) is 5.91 Å². The van der Waals surface area contributed by atoms with Crippen LogP contribution in [-0.4, -0.2) is 47.5 Å². The maximum Gasteiger partial charge on any atom is 0.256 e. The topological polar surface area (TPSA) is 110 Å². The standard InChI is InChI=1S/C21H21N5O4S/c1-13-19-16(12-17(18-6-5-11-30-18)23-20(19)26(4)24-13)21(27)22-14-7-9-15(10-8-14)31(28,29)25(2)3/h5-12H,1-4H3,(H,22,27). The average Bonchev–Trinajstić information content (AvgIpc) is 3.36. The summed E-state index contributed by atoms with van der Waals surface area (Å²) in [4.78, 5) is 17.9. The molecule has 4 aromatic rings. The molecule has 0 fully saturated rings. The minimum atomic E-state index is -3.55. The second kappa shape index (κ2) is 7.64. The first kappa shape index (κ1) is 20.8. The number of nitrogens with zero attached hydrogens (tertiary/aromatic N) is 4. The lowest BCUT2D eigenvalue weighted by Gasteiger charge is -2.12. The predicted octanol–water partition coefficient (Wildman–Crippen LogP) is 3.04. The van der Waals surface area contributed by atoms with Crippen LogP contribution < -0.4 is 5.32 Å². The fourth-order valence-corrected chi connectivity index (χ4v) is 4.20. The number of hydrogen-bond acceptors (Lipinski definition) is 6. The van der Waals surface area contributed by atoms with Crippen LogP contribution in [0.2, 0.25) is 0 Å². The molecular weight excluding hydrogens is 418 g/mol. The number of amides is 1. The van der Waals surface area contributed by atoms with Crippen LogP contribution >= 0.6 is 0 Å². The molecule has 0 aliphatic rings. The normalized spacial score (nSPS) is 11.9. The maximum absolute atomic E-state index is 13.2. The molecule has 3 aromatic heterocycles. The van der Waals surface area contributed by atoms with Gasteiger partial charge in [0.1, 0.15) is 5.69 Å². The van der Waals surface area contributed by atoms with Crippen LogP contribution in [0.25, 0.3) is 22.5 Å². The molecule has 0 aliphatic carbocycles. The van der Waals surface area contributed by atoms with E-state index in [-0.39, 0.29) is 10.8 Å². The first-order valence-corrected chi connectivity index (χ1v) is 10.8. The highest BCUT2D eigenvalue weighted by molar-refractivity contribution is 7.89. The number of sulfonamides is 1. The Morgan fingerprint density at radius 1 is 1.16 bits per heavy atom. The predicted molar refractivity (Wildman–Crippen MR) is 116 cm³/mol. The third-order valence-corrected chi connectivity index (χ3v) is 6.71. The summed E-state index contributed by atoms with van der Waals surface area (Å²) in [5.74, 6) is 0.174. The highest BCUT2D eigenvalue weighted by atomic mass is 32.2. The van der Waals surface area contributed by atoms with Crippen molar-refractivity contribution < 1.29 is 17.6 Å². The molecule has 0 radical (unpaired) electrons. The molecule has 1 aromatic carbocycles. The van der Waals surface area contributed by atoms with E-state index in [1.54, 1.807) is 48.3 Å². The lowest BCUT2D eigenvalue weighted by molar-refractivity contribution is 0.102. The Bertz CT molecular complexity index is 1370. The van der Waals surface area contributed by atoms with E-state index in [0.717, 1.165) is 4.31 Å². The fraction of sp³-hybridized carbons (Fsp3) is 0.190. The number of aryl methyl sites for hydroxylation is 2. The lowest BCUT2D eigenvalue weighted by Crippen LogP contribution is -2.22. The number of pyridine rings is 1. The number of nitrogens with one attached hydrogen (secondary N) is 1. The SMILES string of the molecule is Cc1nn(C)c2nc(-c3ccco3)cc(C(=O)Nc3ccc(S(=O)(=O)N(C)C)cc3)c12. The van der Waals surface area contributed by atoms with E-state index in [9.17, 15) is 13.2 Å². The van der Waals surface area contributed by atoms with Crippen LogP contribution in [-0.2, 0) is 17.1 Å². The number of fused-ring (bicyclic) bond motifs is 1. The molecule has 31 heavy (non-hydrogen) atoms. The van der Waals surface area contributed by atoms with Gasteiger partial charge in [0.15, 0.2) is 11.4 Å². The van der Waals surface area contributed by atoms with Gasteiger partial charge in [-0.05, 0) is 49.4 Å². The van der Waals surface area contributed by atoms with Crippen molar-refractivity contribution in [1.82, 2.24) is 19.1 Å². The third-order valence-electron chi connectivity index (χ3n) is 4.88. The molecule has 0 aliphatic heterocycles. The van der Waals surface area contributed by atoms with E-state index in [2.05, 4.69) is 15.4 Å². The van der Waals surface area contributed by atoms with Crippen LogP contribution in [0.3, 0.4) is 0 Å². The number of carbonyl (C=O) groups is 1. The molecule has 160 valence electrons. The number of furan rings is 1. The minimum Gasteiger partial charge on any atom is -0.463 e. The van der Waals surface area contributed by atoms with Crippen molar-refractivity contribution >= 4 is 32.7 Å². The van der Waals surface area contributed by atoms with Gasteiger partial charge in [-0.2, -0.15) is 5.10 Å². The van der Waals surface area contributed by atoms with Crippen molar-refractivity contribution in [2.24, 2.45) is 7.05 Å². The van der Waals surface area contributed by atoms with Crippen LogP contribution in [0.15, 0.2) is 58.0 Å². The average molecular weight is 439 g/mol. The molecule has 9 nitrogen and oxygen atoms in total. The summed E-state index contributed by atoms with van der Waals surface area (Å²) in [6.45, 7) is 1.81. The molecule has 0 saturated heterocycles. The van der Waals surface area contributed by atoms with Crippen LogP contribution in [0, 0.1) is 6.92 Å². The first-order valence-electron chi connectivity index (χ1n) is 9.40. The molecule has 3 heterocycles. The Labute approximate surface area is 179 Å². The second-order valence-corrected chi connectivity index (χ2v) is 9.36. The Hall–Kier alpha value is -3.50. The zero-order valence-corrected chi connectivity index (χ0v) is 18.3. The molecule has 0 atom stereocenters. The van der Waals surface area contributed by atoms with Gasteiger partial charge in [0, 0.05) is 26.8 Å². The van der Waals surface area contributed by atoms with Gasteiger partial charge in [0.05, 0.1) is 27.8 Å². The third kappa shape index (κ3) is 3.71. The fourth-order valence-electron chi connectivity index (χ4n) is 3.29. The molecule has 4 rings (SSSR count). The van der Waals surface area contributed by atoms with Crippen LogP contribution in [0.1, 0.15) is 16.1 Å². The lowest BCUT2D eigenvalue weighted by atomic mass is 10.1. The van der Waals surface area contributed by atoms with Crippen molar-refractivity contribution in [3.63, 3.8) is 0 Å². The zero-order chi connectivity index (χ0) is 22.3. The van der Waals surface area contributed by atoms with Gasteiger partial charge >= 0.3 is 0 Å². The summed E-state index contributed by atoms with van der Waals surface area (Å²) in [5, 5.41) is 7.86. The number of hydrogen-bond donors (Lipinski definition) is 1. The quantitative estimate of drug-likeness (QED) is 0.512. The molecule has 0 unspecified atom stereocenters. The Balaban J connectivity index is 1.72. The van der Waals surface area contributed by atoms with E-state index in [4.69, 9.17) is 4.42 Å². The number of anilines is 1. The summed E-state index contributed by atoms with van der Waals surface area (Å²) < 4.78 is 32.7. The van der Waals surface area contributed by atoms with E-state index in [0.29, 0.717) is 39.4 Å². The second-order valence-electron chi connectivity index (χ2n) is 7.21. The highest BCUT2D eigenvalue weighted by Gasteiger charge is 2.21. The summed E-state index contributed by atoms with van der Waals surface area (Å²) in [6, 6.07) is 11.2. The smallest absolute Gasteiger partial charge is 0.256 e. The monoisotopic (exact) mass is 439 g/mol. The highest BCUT2D eigenvalue weighted by Crippen LogP contribution is 2.28. The maximum atomic E-state index is 13.2. The Morgan fingerprint density at radius 3 is 2.48 bits per heavy atom. The van der Waals surface area contributed by atoms with E-state index < -0.39 is 10.0 Å². The molecular formula is C21H21N5O4S. The molecule has 0 spiro atoms. The van der Waals surface area contributed by atoms with Crippen molar-refractivity contribution in [1.29, 1.82) is 0 Å². The van der Waals surface area contributed by atoms with E-state index >= 15 is 0 Å². The van der Waals surface area contributed by atoms with Gasteiger partial charge in [-0.3, -0.25) is 9.48 Å². The first-order chi connectivity index (χ1) is 14.7. The molecule has 10 heteroatoms. The van der Waals surface area contributed by atoms with Crippen LogP contribution in [0.4, 0.5) is 5.69 Å². The minimum absolute atomic E-state index is 0.144. The van der Waals surface area contributed by atoms with Gasteiger partial charge in [-0.1, -0.05) is 0 Å². The van der Waals surface area contributed by atoms with Crippen LogP contribution in [0.5, 0.6) is 0 Å². The van der Waals surface area contributed by atoms with Gasteiger partial charge in [-0.15, -0.1) is 0 Å². The summed E-state index contributed by atoms with van der Waals surface area (Å²) >= 11 is 0. The summed E-state index contributed by atoms with van der Waals surface area (Å²) in [6.07, 6.45) is 1.54. The largest absolute Gasteiger partial charge is 0.463 e. The van der Waals surface area contributed by atoms with E-state index in [1.165, 1.54) is 26.2 Å². The summed E-state index contributed by atoms with van der Waals surface area (Å²) in [7, 11) is 1.15. The van der Waals surface area contributed by atoms with Gasteiger partial charge in [0.2, 0.25) is 10.0 Å².